The minimum absolute atomic E-state index is 0.0214. The predicted molar refractivity (Wildman–Crippen MR) is 114 cm³/mol. The van der Waals surface area contributed by atoms with Crippen molar-refractivity contribution in [2.24, 2.45) is 0 Å². The van der Waals surface area contributed by atoms with Gasteiger partial charge in [0, 0.05) is 30.4 Å². The molecule has 0 atom stereocenters. The van der Waals surface area contributed by atoms with Crippen LogP contribution in [0.15, 0.2) is 42.6 Å². The molecule has 1 amide bonds. The smallest absolute Gasteiger partial charge is 0.315 e. The number of hydrogen-bond acceptors (Lipinski definition) is 7. The second-order valence-corrected chi connectivity index (χ2v) is 6.85. The molecule has 0 aliphatic heterocycles. The van der Waals surface area contributed by atoms with E-state index in [1.165, 1.54) is 4.90 Å². The van der Waals surface area contributed by atoms with E-state index in [-0.39, 0.29) is 32.7 Å². The monoisotopic (exact) mass is 448 g/mol. The fourth-order valence-electron chi connectivity index (χ4n) is 2.61. The predicted octanol–water partition coefficient (Wildman–Crippen LogP) is 3.76. The second kappa shape index (κ2) is 12.5. The first-order valence-electron chi connectivity index (χ1n) is 9.88. The van der Waals surface area contributed by atoms with E-state index >= 15 is 0 Å². The summed E-state index contributed by atoms with van der Waals surface area (Å²) < 4.78 is 15.4. The van der Waals surface area contributed by atoms with Gasteiger partial charge >= 0.3 is 11.9 Å². The highest BCUT2D eigenvalue weighted by Gasteiger charge is 2.20. The molecule has 2 rings (SSSR count). The van der Waals surface area contributed by atoms with Gasteiger partial charge in [-0.2, -0.15) is 0 Å². The van der Waals surface area contributed by atoms with Gasteiger partial charge in [0.05, 0.1) is 19.6 Å². The summed E-state index contributed by atoms with van der Waals surface area (Å²) in [7, 11) is 0. The highest BCUT2D eigenvalue weighted by molar-refractivity contribution is 6.30. The third-order valence-corrected chi connectivity index (χ3v) is 4.30. The van der Waals surface area contributed by atoms with Gasteiger partial charge in [0.2, 0.25) is 11.8 Å². The minimum Gasteiger partial charge on any atom is -0.466 e. The standard InChI is InChI=1S/C22H25ClN2O6/c1-3-29-21(27)11-12-25(20(26)13-22(28)30-4-2)15-16-5-10-19(24-14-16)31-18-8-6-17(23)7-9-18/h5-10,14H,3-4,11-13,15H2,1-2H3. The Labute approximate surface area is 186 Å². The van der Waals surface area contributed by atoms with Gasteiger partial charge in [-0.3, -0.25) is 14.4 Å². The molecule has 2 aromatic rings. The lowest BCUT2D eigenvalue weighted by Crippen LogP contribution is -2.34. The average Bonchev–Trinajstić information content (AvgIpc) is 2.74. The lowest BCUT2D eigenvalue weighted by molar-refractivity contribution is -0.149. The molecule has 166 valence electrons. The van der Waals surface area contributed by atoms with Crippen LogP contribution in [0, 0.1) is 0 Å². The van der Waals surface area contributed by atoms with E-state index < -0.39 is 24.3 Å². The van der Waals surface area contributed by atoms with Crippen molar-refractivity contribution in [3.05, 3.63) is 53.2 Å². The van der Waals surface area contributed by atoms with Gasteiger partial charge in [-0.05, 0) is 43.7 Å². The van der Waals surface area contributed by atoms with Gasteiger partial charge in [-0.1, -0.05) is 17.7 Å². The first-order valence-corrected chi connectivity index (χ1v) is 10.3. The largest absolute Gasteiger partial charge is 0.466 e. The molecule has 0 radical (unpaired) electrons. The lowest BCUT2D eigenvalue weighted by Gasteiger charge is -2.22. The summed E-state index contributed by atoms with van der Waals surface area (Å²) in [5.74, 6) is -0.503. The molecule has 0 aliphatic carbocycles. The molecule has 1 aromatic carbocycles. The molecular formula is C22H25ClN2O6. The van der Waals surface area contributed by atoms with E-state index in [1.807, 2.05) is 0 Å². The summed E-state index contributed by atoms with van der Waals surface area (Å²) in [5, 5.41) is 0.603. The zero-order valence-electron chi connectivity index (χ0n) is 17.5. The highest BCUT2D eigenvalue weighted by atomic mass is 35.5. The van der Waals surface area contributed by atoms with E-state index in [9.17, 15) is 14.4 Å². The van der Waals surface area contributed by atoms with Crippen molar-refractivity contribution >= 4 is 29.4 Å². The first kappa shape index (κ1) is 24.1. The number of aromatic nitrogens is 1. The fourth-order valence-corrected chi connectivity index (χ4v) is 2.73. The van der Waals surface area contributed by atoms with Crippen LogP contribution >= 0.6 is 11.6 Å². The van der Waals surface area contributed by atoms with E-state index in [4.69, 9.17) is 25.8 Å². The Balaban J connectivity index is 2.03. The Bertz CT molecular complexity index is 871. The molecule has 0 saturated heterocycles. The Morgan fingerprint density at radius 3 is 2.26 bits per heavy atom. The van der Waals surface area contributed by atoms with E-state index in [1.54, 1.807) is 56.4 Å². The van der Waals surface area contributed by atoms with E-state index in [0.29, 0.717) is 22.2 Å². The number of esters is 2. The van der Waals surface area contributed by atoms with Gasteiger partial charge in [0.1, 0.15) is 12.2 Å². The zero-order valence-corrected chi connectivity index (χ0v) is 18.3. The maximum Gasteiger partial charge on any atom is 0.315 e. The number of ether oxygens (including phenoxy) is 3. The van der Waals surface area contributed by atoms with Crippen molar-refractivity contribution in [3.8, 4) is 11.6 Å². The van der Waals surface area contributed by atoms with Gasteiger partial charge < -0.3 is 19.1 Å². The number of pyridine rings is 1. The van der Waals surface area contributed by atoms with Crippen LogP contribution in [-0.2, 0) is 30.4 Å². The van der Waals surface area contributed by atoms with Crippen molar-refractivity contribution in [2.45, 2.75) is 33.2 Å². The normalized spacial score (nSPS) is 10.3. The van der Waals surface area contributed by atoms with Crippen molar-refractivity contribution in [3.63, 3.8) is 0 Å². The van der Waals surface area contributed by atoms with E-state index in [0.717, 1.165) is 0 Å². The van der Waals surface area contributed by atoms with Gasteiger partial charge in [-0.25, -0.2) is 4.98 Å². The molecule has 9 heteroatoms. The van der Waals surface area contributed by atoms with Crippen LogP contribution in [0.4, 0.5) is 0 Å². The molecule has 31 heavy (non-hydrogen) atoms. The Kier molecular flexibility index (Phi) is 9.77. The summed E-state index contributed by atoms with van der Waals surface area (Å²) in [6, 6.07) is 10.3. The van der Waals surface area contributed by atoms with Crippen LogP contribution in [0.3, 0.4) is 0 Å². The Hall–Kier alpha value is -3.13. The van der Waals surface area contributed by atoms with E-state index in [2.05, 4.69) is 4.98 Å². The first-order chi connectivity index (χ1) is 14.9. The van der Waals surface area contributed by atoms with Crippen LogP contribution in [-0.4, -0.2) is 47.5 Å². The lowest BCUT2D eigenvalue weighted by atomic mass is 10.2. The molecule has 0 fully saturated rings. The van der Waals surface area contributed by atoms with Crippen molar-refractivity contribution in [2.75, 3.05) is 19.8 Å². The quantitative estimate of drug-likeness (QED) is 0.381. The summed E-state index contributed by atoms with van der Waals surface area (Å²) >= 11 is 5.86. The van der Waals surface area contributed by atoms with Gasteiger partial charge in [0.15, 0.2) is 0 Å². The van der Waals surface area contributed by atoms with Crippen LogP contribution in [0.25, 0.3) is 0 Å². The molecule has 0 unspecified atom stereocenters. The number of rotatable bonds is 11. The Morgan fingerprint density at radius 1 is 0.968 bits per heavy atom. The topological polar surface area (TPSA) is 95.0 Å². The third kappa shape index (κ3) is 8.64. The maximum absolute atomic E-state index is 12.6. The molecule has 8 nitrogen and oxygen atoms in total. The van der Waals surface area contributed by atoms with Crippen LogP contribution in [0.2, 0.25) is 5.02 Å². The summed E-state index contributed by atoms with van der Waals surface area (Å²) in [4.78, 5) is 41.6. The molecule has 0 saturated carbocycles. The Morgan fingerprint density at radius 2 is 1.65 bits per heavy atom. The molecule has 0 spiro atoms. The number of nitrogens with zero attached hydrogens (tertiary/aromatic N) is 2. The summed E-state index contributed by atoms with van der Waals surface area (Å²) in [5.41, 5.74) is 0.713. The van der Waals surface area contributed by atoms with Gasteiger partial charge in [0.25, 0.3) is 0 Å². The van der Waals surface area contributed by atoms with Crippen molar-refractivity contribution < 1.29 is 28.6 Å². The summed E-state index contributed by atoms with van der Waals surface area (Å²) in [6.07, 6.45) is 1.19. The number of halogens is 1. The fraction of sp³-hybridized carbons (Fsp3) is 0.364. The zero-order chi connectivity index (χ0) is 22.6. The SMILES string of the molecule is CCOC(=O)CCN(Cc1ccc(Oc2ccc(Cl)cc2)nc1)C(=O)CC(=O)OCC. The molecule has 1 heterocycles. The second-order valence-electron chi connectivity index (χ2n) is 6.41. The summed E-state index contributed by atoms with van der Waals surface area (Å²) in [6.45, 7) is 4.11. The van der Waals surface area contributed by atoms with Gasteiger partial charge in [-0.15, -0.1) is 0 Å². The number of carbonyl (C=O) groups is 3. The average molecular weight is 449 g/mol. The molecule has 0 N–H and O–H groups in total. The molecule has 1 aromatic heterocycles. The van der Waals surface area contributed by atoms with Crippen LogP contribution in [0.1, 0.15) is 32.3 Å². The molecular weight excluding hydrogens is 424 g/mol. The van der Waals surface area contributed by atoms with Crippen molar-refractivity contribution in [1.29, 1.82) is 0 Å². The number of benzene rings is 1. The number of carbonyl (C=O) groups excluding carboxylic acids is 3. The minimum atomic E-state index is -0.613. The maximum atomic E-state index is 12.6. The molecule has 0 bridgehead atoms. The van der Waals surface area contributed by atoms with Crippen molar-refractivity contribution in [1.82, 2.24) is 9.88 Å². The third-order valence-electron chi connectivity index (χ3n) is 4.05. The number of hydrogen-bond donors (Lipinski definition) is 0. The molecule has 0 aliphatic rings. The van der Waals surface area contributed by atoms with Crippen LogP contribution in [0.5, 0.6) is 11.6 Å². The van der Waals surface area contributed by atoms with Crippen LogP contribution < -0.4 is 4.74 Å². The number of amides is 1. The highest BCUT2D eigenvalue weighted by Crippen LogP contribution is 2.21.